The van der Waals surface area contributed by atoms with E-state index < -0.39 is 5.97 Å². The Morgan fingerprint density at radius 1 is 1.16 bits per heavy atom. The molecule has 0 unspecified atom stereocenters. The molecular formula is C21H28N4NiO4S+2. The first-order valence-electron chi connectivity index (χ1n) is 10.1. The van der Waals surface area contributed by atoms with Crippen molar-refractivity contribution < 1.29 is 35.6 Å². The number of hydrogen-bond acceptors (Lipinski definition) is 7. The molecule has 8 nitrogen and oxygen atoms in total. The van der Waals surface area contributed by atoms with Gasteiger partial charge in [-0.05, 0) is 38.8 Å². The summed E-state index contributed by atoms with van der Waals surface area (Å²) in [6.45, 7) is 8.92. The van der Waals surface area contributed by atoms with Crippen LogP contribution in [0.4, 0.5) is 5.69 Å². The van der Waals surface area contributed by atoms with Crippen molar-refractivity contribution >= 4 is 46.4 Å². The molecule has 2 rings (SSSR count). The van der Waals surface area contributed by atoms with Crippen LogP contribution in [0.1, 0.15) is 61.3 Å². The molecule has 1 aliphatic rings. The molecule has 10 heteroatoms. The first kappa shape index (κ1) is 26.7. The number of thiocarbonyl (C=S) groups is 1. The smallest absolute Gasteiger partial charge is 0.464 e. The largest absolute Gasteiger partial charge is 2.00 e. The van der Waals surface area contributed by atoms with Crippen LogP contribution in [0.2, 0.25) is 0 Å². The summed E-state index contributed by atoms with van der Waals surface area (Å²) >= 11 is 5.40. The molecule has 1 aromatic carbocycles. The van der Waals surface area contributed by atoms with E-state index in [4.69, 9.17) is 17.0 Å². The summed E-state index contributed by atoms with van der Waals surface area (Å²) < 4.78 is 4.82. The standard InChI is InChI=1S/C21H28N4O4S.Ni/c1-6-13(7-2)25-18(26)14-11-10-12-15(16(14)19(25)27)22-23-17(21(28)29-5)20(30)24(8-3)9-4;/h10-13,22H,6-9H2,1-5H3;/q;+2. The predicted molar refractivity (Wildman–Crippen MR) is 120 cm³/mol. The molecule has 31 heavy (non-hydrogen) atoms. The topological polar surface area (TPSA) is 91.3 Å². The Bertz CT molecular complexity index is 882. The van der Waals surface area contributed by atoms with Crippen LogP contribution in [0, 0.1) is 0 Å². The van der Waals surface area contributed by atoms with Gasteiger partial charge in [-0.15, -0.1) is 0 Å². The fourth-order valence-electron chi connectivity index (χ4n) is 3.44. The van der Waals surface area contributed by atoms with Crippen molar-refractivity contribution in [3.05, 3.63) is 29.3 Å². The van der Waals surface area contributed by atoms with Crippen LogP contribution in [0.5, 0.6) is 0 Å². The van der Waals surface area contributed by atoms with E-state index in [0.717, 1.165) is 0 Å². The molecule has 0 radical (unpaired) electrons. The third-order valence-electron chi connectivity index (χ3n) is 5.17. The van der Waals surface area contributed by atoms with Crippen LogP contribution in [0.3, 0.4) is 0 Å². The van der Waals surface area contributed by atoms with E-state index in [2.05, 4.69) is 10.5 Å². The molecule has 0 aromatic heterocycles. The number of carbonyl (C=O) groups is 3. The van der Waals surface area contributed by atoms with Gasteiger partial charge in [0.2, 0.25) is 5.71 Å². The molecular weight excluding hydrogens is 463 g/mol. The van der Waals surface area contributed by atoms with Gasteiger partial charge in [-0.1, -0.05) is 32.1 Å². The van der Waals surface area contributed by atoms with Gasteiger partial charge in [0.1, 0.15) is 4.99 Å². The summed E-state index contributed by atoms with van der Waals surface area (Å²) in [4.78, 5) is 41.5. The second-order valence-corrected chi connectivity index (χ2v) is 7.11. The number of carbonyl (C=O) groups excluding carboxylic acids is 3. The van der Waals surface area contributed by atoms with E-state index in [-0.39, 0.29) is 50.6 Å². The van der Waals surface area contributed by atoms with Crippen molar-refractivity contribution in [2.24, 2.45) is 5.10 Å². The molecule has 1 aromatic rings. The van der Waals surface area contributed by atoms with E-state index in [1.807, 2.05) is 27.7 Å². The molecule has 1 aliphatic heterocycles. The molecule has 1 heterocycles. The van der Waals surface area contributed by atoms with Crippen LogP contribution < -0.4 is 5.43 Å². The quantitative estimate of drug-likeness (QED) is 0.142. The monoisotopic (exact) mass is 490 g/mol. The van der Waals surface area contributed by atoms with E-state index in [9.17, 15) is 14.4 Å². The number of nitrogens with one attached hydrogen (secondary N) is 1. The summed E-state index contributed by atoms with van der Waals surface area (Å²) in [6.07, 6.45) is 1.35. The number of ether oxygens (including phenoxy) is 1. The van der Waals surface area contributed by atoms with E-state index in [0.29, 0.717) is 37.2 Å². The molecule has 0 fully saturated rings. The fraction of sp³-hybridized carbons (Fsp3) is 0.476. The number of nitrogens with zero attached hydrogens (tertiary/aromatic N) is 3. The van der Waals surface area contributed by atoms with E-state index >= 15 is 0 Å². The summed E-state index contributed by atoms with van der Waals surface area (Å²) in [7, 11) is 1.25. The molecule has 0 saturated carbocycles. The van der Waals surface area contributed by atoms with Crippen LogP contribution in [-0.4, -0.2) is 64.5 Å². The Morgan fingerprint density at radius 2 is 1.77 bits per heavy atom. The maximum Gasteiger partial charge on any atom is 2.00 e. The van der Waals surface area contributed by atoms with Gasteiger partial charge in [0.05, 0.1) is 23.9 Å². The average molecular weight is 491 g/mol. The maximum absolute atomic E-state index is 13.0. The van der Waals surface area contributed by atoms with Gasteiger partial charge in [0.15, 0.2) is 0 Å². The normalized spacial score (nSPS) is 13.1. The summed E-state index contributed by atoms with van der Waals surface area (Å²) in [5.41, 5.74) is 3.60. The van der Waals surface area contributed by atoms with Crippen LogP contribution >= 0.6 is 12.2 Å². The number of hydrazone groups is 1. The zero-order valence-electron chi connectivity index (χ0n) is 18.3. The SMILES string of the molecule is CCC(CC)N1C(=O)c2cccc(NN=C(C(=O)OC)C(=S)N(CC)CC)c2C1=O.[Ni+2]. The predicted octanol–water partition coefficient (Wildman–Crippen LogP) is 3.08. The first-order chi connectivity index (χ1) is 14.4. The molecule has 0 spiro atoms. The number of methoxy groups -OCH3 is 1. The Labute approximate surface area is 198 Å². The molecule has 0 atom stereocenters. The second kappa shape index (κ2) is 11.9. The van der Waals surface area contributed by atoms with Gasteiger partial charge in [-0.25, -0.2) is 4.79 Å². The molecule has 2 amide bonds. The van der Waals surface area contributed by atoms with Gasteiger partial charge < -0.3 is 9.64 Å². The van der Waals surface area contributed by atoms with Gasteiger partial charge in [0.25, 0.3) is 11.8 Å². The fourth-order valence-corrected chi connectivity index (χ4v) is 3.82. The van der Waals surface area contributed by atoms with Crippen LogP contribution in [0.15, 0.2) is 23.3 Å². The van der Waals surface area contributed by atoms with Crippen molar-refractivity contribution in [3.8, 4) is 0 Å². The summed E-state index contributed by atoms with van der Waals surface area (Å²) in [6, 6.07) is 4.75. The number of rotatable bonds is 9. The minimum absolute atomic E-state index is 0. The Balaban J connectivity index is 0.00000480. The minimum Gasteiger partial charge on any atom is -0.464 e. The number of fused-ring (bicyclic) bond motifs is 1. The van der Waals surface area contributed by atoms with Crippen molar-refractivity contribution in [1.82, 2.24) is 9.80 Å². The number of benzene rings is 1. The van der Waals surface area contributed by atoms with Gasteiger partial charge in [-0.2, -0.15) is 5.10 Å². The van der Waals surface area contributed by atoms with Gasteiger partial charge in [-0.3, -0.25) is 19.9 Å². The van der Waals surface area contributed by atoms with Gasteiger partial charge >= 0.3 is 22.5 Å². The third-order valence-corrected chi connectivity index (χ3v) is 5.63. The van der Waals surface area contributed by atoms with Crippen LogP contribution in [0.25, 0.3) is 0 Å². The number of imide groups is 1. The molecule has 0 bridgehead atoms. The summed E-state index contributed by atoms with van der Waals surface area (Å²) in [5, 5.41) is 4.16. The van der Waals surface area contributed by atoms with Crippen molar-refractivity contribution in [1.29, 1.82) is 0 Å². The van der Waals surface area contributed by atoms with E-state index in [1.54, 1.807) is 23.1 Å². The average Bonchev–Trinajstić information content (AvgIpc) is 3.01. The Kier molecular flexibility index (Phi) is 10.3. The second-order valence-electron chi connectivity index (χ2n) is 6.72. The molecule has 1 N–H and O–H groups in total. The molecule has 0 saturated heterocycles. The number of esters is 1. The zero-order chi connectivity index (χ0) is 22.4. The van der Waals surface area contributed by atoms with Crippen molar-refractivity contribution in [2.75, 3.05) is 25.6 Å². The minimum atomic E-state index is -0.687. The number of amides is 2. The van der Waals surface area contributed by atoms with Crippen LogP contribution in [-0.2, 0) is 26.0 Å². The Hall–Kier alpha value is -2.32. The Morgan fingerprint density at radius 3 is 2.29 bits per heavy atom. The summed E-state index contributed by atoms with van der Waals surface area (Å²) in [5.74, 6) is -1.37. The number of anilines is 1. The first-order valence-corrected chi connectivity index (χ1v) is 10.5. The van der Waals surface area contributed by atoms with E-state index in [1.165, 1.54) is 12.0 Å². The van der Waals surface area contributed by atoms with Crippen molar-refractivity contribution in [3.63, 3.8) is 0 Å². The number of hydrogen-bond donors (Lipinski definition) is 1. The molecule has 170 valence electrons. The van der Waals surface area contributed by atoms with Crippen molar-refractivity contribution in [2.45, 2.75) is 46.6 Å². The maximum atomic E-state index is 13.0. The third kappa shape index (κ3) is 5.30. The van der Waals surface area contributed by atoms with Gasteiger partial charge in [0, 0.05) is 19.1 Å². The zero-order valence-corrected chi connectivity index (χ0v) is 20.1. The molecule has 0 aliphatic carbocycles.